The molecule has 9 nitrogen and oxygen atoms in total. The molecule has 1 atom stereocenters. The first-order valence-corrected chi connectivity index (χ1v) is 13.6. The number of thioether (sulfide) groups is 1. The van der Waals surface area contributed by atoms with Gasteiger partial charge in [0.15, 0.2) is 5.17 Å². The number of amidine groups is 1. The van der Waals surface area contributed by atoms with E-state index in [0.717, 1.165) is 33.5 Å². The molecule has 184 valence electrons. The third-order valence-electron chi connectivity index (χ3n) is 5.80. The van der Waals surface area contributed by atoms with Crippen LogP contribution in [0.25, 0.3) is 5.69 Å². The summed E-state index contributed by atoms with van der Waals surface area (Å²) >= 11 is 1.61. The molecule has 0 aliphatic carbocycles. The Labute approximate surface area is 205 Å². The predicted octanol–water partition coefficient (Wildman–Crippen LogP) is 2.55. The molecule has 1 aromatic heterocycles. The van der Waals surface area contributed by atoms with E-state index in [2.05, 4.69) is 26.2 Å². The van der Waals surface area contributed by atoms with Crippen molar-refractivity contribution in [2.45, 2.75) is 31.7 Å². The van der Waals surface area contributed by atoms with Gasteiger partial charge in [0, 0.05) is 48.6 Å². The van der Waals surface area contributed by atoms with Gasteiger partial charge in [0.05, 0.1) is 36.5 Å². The van der Waals surface area contributed by atoms with Crippen LogP contribution in [0, 0.1) is 13.8 Å². The molecule has 0 radical (unpaired) electrons. The maximum atomic E-state index is 13.2. The van der Waals surface area contributed by atoms with Crippen molar-refractivity contribution in [3.63, 3.8) is 0 Å². The molecule has 0 spiro atoms. The standard InChI is InChI=1S/C23H31N5O4S2/c1-16(14-31-4)24-23-26-25-22(15-33-23)21-12-17(2)28(18(21)3)19-6-5-7-20(13-19)34(29,30)27-8-10-32-11-9-27/h5-7,12-13,16H,8-11,14-15H2,1-4H3,(H,24,26)/t16-/m0/s1. The number of hydrogen-bond donors (Lipinski definition) is 1. The number of sulfonamides is 1. The lowest BCUT2D eigenvalue weighted by Crippen LogP contribution is -2.40. The highest BCUT2D eigenvalue weighted by Crippen LogP contribution is 2.26. The lowest BCUT2D eigenvalue weighted by atomic mass is 10.1. The van der Waals surface area contributed by atoms with E-state index in [9.17, 15) is 8.42 Å². The van der Waals surface area contributed by atoms with Crippen molar-refractivity contribution >= 4 is 32.7 Å². The van der Waals surface area contributed by atoms with Crippen molar-refractivity contribution in [2.75, 3.05) is 45.8 Å². The van der Waals surface area contributed by atoms with Crippen LogP contribution in [0.15, 0.2) is 45.3 Å². The molecular weight excluding hydrogens is 474 g/mol. The quantitative estimate of drug-likeness (QED) is 0.621. The lowest BCUT2D eigenvalue weighted by molar-refractivity contribution is 0.0730. The number of nitrogens with one attached hydrogen (secondary N) is 1. The van der Waals surface area contributed by atoms with Gasteiger partial charge in [-0.2, -0.15) is 9.41 Å². The molecular formula is C23H31N5O4S2. The Hall–Kier alpha value is -2.18. The Balaban J connectivity index is 1.60. The van der Waals surface area contributed by atoms with Crippen LogP contribution < -0.4 is 5.43 Å². The minimum absolute atomic E-state index is 0.0582. The third-order valence-corrected chi connectivity index (χ3v) is 8.59. The van der Waals surface area contributed by atoms with E-state index in [1.54, 1.807) is 37.1 Å². The number of hydrogen-bond acceptors (Lipinski definition) is 7. The Morgan fingerprint density at radius 2 is 2.03 bits per heavy atom. The van der Waals surface area contributed by atoms with Gasteiger partial charge in [-0.25, -0.2) is 8.42 Å². The van der Waals surface area contributed by atoms with Crippen LogP contribution in [0.1, 0.15) is 23.9 Å². The second-order valence-electron chi connectivity index (χ2n) is 8.33. The van der Waals surface area contributed by atoms with E-state index in [1.807, 2.05) is 26.8 Å². The van der Waals surface area contributed by atoms with E-state index in [0.29, 0.717) is 43.6 Å². The number of rotatable bonds is 7. The highest BCUT2D eigenvalue weighted by atomic mass is 32.2. The van der Waals surface area contributed by atoms with Gasteiger partial charge < -0.3 is 14.0 Å². The van der Waals surface area contributed by atoms with Crippen molar-refractivity contribution < 1.29 is 17.9 Å². The number of methoxy groups -OCH3 is 1. The molecule has 4 rings (SSSR count). The van der Waals surface area contributed by atoms with Crippen molar-refractivity contribution in [3.05, 3.63) is 47.3 Å². The maximum Gasteiger partial charge on any atom is 0.243 e. The maximum absolute atomic E-state index is 13.2. The third kappa shape index (κ3) is 5.23. The van der Waals surface area contributed by atoms with Gasteiger partial charge in [-0.1, -0.05) is 17.8 Å². The first kappa shape index (κ1) is 24.9. The van der Waals surface area contributed by atoms with E-state index in [1.165, 1.54) is 4.31 Å². The summed E-state index contributed by atoms with van der Waals surface area (Å²) in [6, 6.07) is 9.27. The van der Waals surface area contributed by atoms with Crippen molar-refractivity contribution in [1.29, 1.82) is 0 Å². The Morgan fingerprint density at radius 3 is 2.71 bits per heavy atom. The van der Waals surface area contributed by atoms with Gasteiger partial charge in [0.2, 0.25) is 10.0 Å². The number of aliphatic imine (C=N–C) groups is 1. The van der Waals surface area contributed by atoms with Gasteiger partial charge in [-0.05, 0) is 45.0 Å². The van der Waals surface area contributed by atoms with Gasteiger partial charge in [0.1, 0.15) is 0 Å². The average Bonchev–Trinajstić information content (AvgIpc) is 3.14. The van der Waals surface area contributed by atoms with Gasteiger partial charge >= 0.3 is 0 Å². The number of hydrazone groups is 1. The van der Waals surface area contributed by atoms with E-state index in [-0.39, 0.29) is 6.04 Å². The summed E-state index contributed by atoms with van der Waals surface area (Å²) in [5.41, 5.74) is 7.84. The molecule has 0 bridgehead atoms. The van der Waals surface area contributed by atoms with Crippen LogP contribution in [-0.4, -0.2) is 80.0 Å². The van der Waals surface area contributed by atoms with E-state index in [4.69, 9.17) is 9.47 Å². The molecule has 1 aromatic carbocycles. The summed E-state index contributed by atoms with van der Waals surface area (Å²) in [7, 11) is -1.91. The van der Waals surface area contributed by atoms with E-state index < -0.39 is 10.0 Å². The molecule has 1 N–H and O–H groups in total. The zero-order chi connectivity index (χ0) is 24.3. The summed E-state index contributed by atoms with van der Waals surface area (Å²) < 4.78 is 40.3. The summed E-state index contributed by atoms with van der Waals surface area (Å²) in [5.74, 6) is 0.696. The fourth-order valence-electron chi connectivity index (χ4n) is 4.17. The molecule has 0 amide bonds. The van der Waals surface area contributed by atoms with Crippen LogP contribution in [-0.2, 0) is 19.5 Å². The van der Waals surface area contributed by atoms with Gasteiger partial charge in [-0.3, -0.25) is 10.4 Å². The largest absolute Gasteiger partial charge is 0.382 e. The van der Waals surface area contributed by atoms with Crippen LogP contribution >= 0.6 is 11.8 Å². The highest BCUT2D eigenvalue weighted by Gasteiger charge is 2.27. The molecule has 3 heterocycles. The molecule has 34 heavy (non-hydrogen) atoms. The molecule has 0 unspecified atom stereocenters. The molecule has 2 aromatic rings. The van der Waals surface area contributed by atoms with Crippen molar-refractivity contribution in [3.8, 4) is 5.69 Å². The first-order valence-electron chi connectivity index (χ1n) is 11.2. The Morgan fingerprint density at radius 1 is 1.26 bits per heavy atom. The SMILES string of the molecule is COC[C@H](C)N=C1NN=C(c2cc(C)n(-c3cccc(S(=O)(=O)N4CCOCC4)c3)c2C)CS1. The van der Waals surface area contributed by atoms with Crippen molar-refractivity contribution in [1.82, 2.24) is 14.3 Å². The number of nitrogens with zero attached hydrogens (tertiary/aromatic N) is 4. The number of benzene rings is 1. The van der Waals surface area contributed by atoms with E-state index >= 15 is 0 Å². The van der Waals surface area contributed by atoms with Crippen LogP contribution in [0.3, 0.4) is 0 Å². The van der Waals surface area contributed by atoms with Crippen molar-refractivity contribution in [2.24, 2.45) is 10.1 Å². The number of morpholine rings is 1. The molecule has 1 fully saturated rings. The van der Waals surface area contributed by atoms with Crippen LogP contribution in [0.2, 0.25) is 0 Å². The van der Waals surface area contributed by atoms with Gasteiger partial charge in [0.25, 0.3) is 0 Å². The smallest absolute Gasteiger partial charge is 0.243 e. The molecule has 2 aliphatic heterocycles. The summed E-state index contributed by atoms with van der Waals surface area (Å²) in [6.45, 7) is 8.19. The zero-order valence-electron chi connectivity index (χ0n) is 19.9. The second kappa shape index (κ2) is 10.6. The predicted molar refractivity (Wildman–Crippen MR) is 136 cm³/mol. The van der Waals surface area contributed by atoms with Gasteiger partial charge in [-0.15, -0.1) is 0 Å². The first-order chi connectivity index (χ1) is 16.3. The monoisotopic (exact) mass is 505 g/mol. The molecule has 0 saturated carbocycles. The minimum Gasteiger partial charge on any atom is -0.382 e. The number of aryl methyl sites for hydroxylation is 1. The number of ether oxygens (including phenoxy) is 2. The van der Waals surface area contributed by atoms with Crippen LogP contribution in [0.5, 0.6) is 0 Å². The second-order valence-corrected chi connectivity index (χ2v) is 11.2. The van der Waals surface area contributed by atoms with Crippen LogP contribution in [0.4, 0.5) is 0 Å². The summed E-state index contributed by atoms with van der Waals surface area (Å²) in [6.07, 6.45) is 0. The number of aromatic nitrogens is 1. The fraction of sp³-hybridized carbons (Fsp3) is 0.478. The summed E-state index contributed by atoms with van der Waals surface area (Å²) in [5, 5.41) is 5.35. The molecule has 1 saturated heterocycles. The minimum atomic E-state index is -3.57. The fourth-order valence-corrected chi connectivity index (χ4v) is 6.48. The molecule has 11 heteroatoms. The Bertz CT molecular complexity index is 1200. The normalized spacial score (nSPS) is 19.6. The zero-order valence-corrected chi connectivity index (χ0v) is 21.6. The average molecular weight is 506 g/mol. The lowest BCUT2D eigenvalue weighted by Gasteiger charge is -2.26. The topological polar surface area (TPSA) is 97.5 Å². The molecule has 2 aliphatic rings. The highest BCUT2D eigenvalue weighted by molar-refractivity contribution is 8.14. The summed E-state index contributed by atoms with van der Waals surface area (Å²) in [4.78, 5) is 4.87. The Kier molecular flexibility index (Phi) is 7.78.